The van der Waals surface area contributed by atoms with Gasteiger partial charge in [-0.3, -0.25) is 10.00 Å². The molecule has 39 heavy (non-hydrogen) atoms. The van der Waals surface area contributed by atoms with Crippen molar-refractivity contribution in [2.24, 2.45) is 0 Å². The molecule has 2 saturated heterocycles. The highest BCUT2D eigenvalue weighted by Crippen LogP contribution is 2.37. The van der Waals surface area contributed by atoms with Crippen molar-refractivity contribution in [3.05, 3.63) is 53.9 Å². The number of hydrogen-bond acceptors (Lipinski definition) is 9. The lowest BCUT2D eigenvalue weighted by atomic mass is 9.97. The molecule has 1 aromatic carbocycles. The molecule has 1 unspecified atom stereocenters. The van der Waals surface area contributed by atoms with Crippen molar-refractivity contribution in [1.29, 1.82) is 5.26 Å². The summed E-state index contributed by atoms with van der Waals surface area (Å²) in [6.45, 7) is 4.63. The van der Waals surface area contributed by atoms with Crippen molar-refractivity contribution in [2.75, 3.05) is 17.2 Å². The van der Waals surface area contributed by atoms with Gasteiger partial charge in [-0.1, -0.05) is 17.7 Å². The summed E-state index contributed by atoms with van der Waals surface area (Å²) in [6.07, 6.45) is 6.15. The van der Waals surface area contributed by atoms with Crippen LogP contribution in [-0.2, 0) is 10.0 Å². The van der Waals surface area contributed by atoms with Gasteiger partial charge in [0.05, 0.1) is 16.4 Å². The molecule has 2 aliphatic heterocycles. The van der Waals surface area contributed by atoms with Crippen LogP contribution in [0.2, 0.25) is 0 Å². The van der Waals surface area contributed by atoms with Crippen molar-refractivity contribution in [3.63, 3.8) is 0 Å². The van der Waals surface area contributed by atoms with E-state index >= 15 is 0 Å². The first-order chi connectivity index (χ1) is 18.8. The Kier molecular flexibility index (Phi) is 6.48. The Balaban J connectivity index is 1.36. The van der Waals surface area contributed by atoms with Gasteiger partial charge >= 0.3 is 0 Å². The third-order valence-electron chi connectivity index (χ3n) is 7.74. The Hall–Kier alpha value is -3.95. The van der Waals surface area contributed by atoms with Gasteiger partial charge in [0.1, 0.15) is 5.82 Å². The van der Waals surface area contributed by atoms with Gasteiger partial charge in [0.25, 0.3) is 10.0 Å². The Morgan fingerprint density at radius 3 is 2.51 bits per heavy atom. The predicted octanol–water partition coefficient (Wildman–Crippen LogP) is 4.07. The number of fused-ring (bicyclic) bond motifs is 3. The van der Waals surface area contributed by atoms with Crippen LogP contribution in [0.25, 0.3) is 11.0 Å². The van der Waals surface area contributed by atoms with Crippen LogP contribution in [0.3, 0.4) is 0 Å². The van der Waals surface area contributed by atoms with Crippen LogP contribution in [0.4, 0.5) is 17.6 Å². The number of aromatic amines is 1. The van der Waals surface area contributed by atoms with Gasteiger partial charge in [-0.05, 0) is 57.7 Å². The molecule has 0 radical (unpaired) electrons. The fraction of sp³-hybridized carbons (Fsp3) is 0.407. The number of nitrogens with one attached hydrogen (secondary N) is 3. The first kappa shape index (κ1) is 25.3. The third kappa shape index (κ3) is 4.84. The van der Waals surface area contributed by atoms with Crippen molar-refractivity contribution in [3.8, 4) is 6.07 Å². The number of aryl methyl sites for hydroxylation is 2. The Labute approximate surface area is 227 Å². The number of benzene rings is 1. The van der Waals surface area contributed by atoms with E-state index in [0.29, 0.717) is 41.5 Å². The van der Waals surface area contributed by atoms with Crippen LogP contribution in [-0.4, -0.2) is 62.1 Å². The lowest BCUT2D eigenvalue weighted by Crippen LogP contribution is -2.47. The van der Waals surface area contributed by atoms with Crippen LogP contribution >= 0.6 is 0 Å². The van der Waals surface area contributed by atoms with E-state index in [1.54, 1.807) is 30.3 Å². The van der Waals surface area contributed by atoms with E-state index in [2.05, 4.69) is 31.8 Å². The third-order valence-corrected chi connectivity index (χ3v) is 9.42. The van der Waals surface area contributed by atoms with Crippen LogP contribution in [0.5, 0.6) is 0 Å². The number of nitriles is 1. The number of rotatable bonds is 8. The molecule has 2 fully saturated rings. The highest BCUT2D eigenvalue weighted by molar-refractivity contribution is 7.90. The standard InChI is InChI=1S/C27H31N9O2S/c1-17-4-8-22(9-5-17)39(37,38)36-13-10-23-25(30-24-14-18(2)33-34-24)31-27(32-26(23)36)29-19-15-20-6-7-21(16-19)35(20)12-3-11-28/h4-5,8-10,13-14,19-21H,3,6-7,12,15-16H2,1-2H3,(H3,29,30,31,32,33,34)/t19?,20-,21+. The minimum atomic E-state index is -3.88. The van der Waals surface area contributed by atoms with Crippen molar-refractivity contribution in [1.82, 2.24) is 29.0 Å². The van der Waals surface area contributed by atoms with Gasteiger partial charge in [0, 0.05) is 49.0 Å². The zero-order valence-electron chi connectivity index (χ0n) is 21.9. The van der Waals surface area contributed by atoms with Crippen molar-refractivity contribution >= 4 is 38.6 Å². The predicted molar refractivity (Wildman–Crippen MR) is 148 cm³/mol. The number of aromatic nitrogens is 5. The van der Waals surface area contributed by atoms with Gasteiger partial charge in [0.2, 0.25) is 5.95 Å². The van der Waals surface area contributed by atoms with Crippen LogP contribution in [0.1, 0.15) is 43.4 Å². The average Bonchev–Trinajstić information content (AvgIpc) is 3.59. The fourth-order valence-electron chi connectivity index (χ4n) is 5.89. The molecule has 3 N–H and O–H groups in total. The zero-order chi connectivity index (χ0) is 27.1. The smallest absolute Gasteiger partial charge is 0.269 e. The highest BCUT2D eigenvalue weighted by atomic mass is 32.2. The second kappa shape index (κ2) is 9.98. The summed E-state index contributed by atoms with van der Waals surface area (Å²) in [5.74, 6) is 1.42. The number of anilines is 3. The Morgan fingerprint density at radius 1 is 1.10 bits per heavy atom. The first-order valence-corrected chi connectivity index (χ1v) is 14.7. The largest absolute Gasteiger partial charge is 0.351 e. The summed E-state index contributed by atoms with van der Waals surface area (Å²) in [5.41, 5.74) is 2.16. The minimum absolute atomic E-state index is 0.149. The second-order valence-corrected chi connectivity index (χ2v) is 12.3. The first-order valence-electron chi connectivity index (χ1n) is 13.2. The summed E-state index contributed by atoms with van der Waals surface area (Å²) in [7, 11) is -3.88. The molecule has 4 aromatic rings. The average molecular weight is 546 g/mol. The molecule has 2 bridgehead atoms. The summed E-state index contributed by atoms with van der Waals surface area (Å²) >= 11 is 0. The fourth-order valence-corrected chi connectivity index (χ4v) is 7.19. The van der Waals surface area contributed by atoms with E-state index in [-0.39, 0.29) is 16.6 Å². The molecule has 12 heteroatoms. The number of nitrogens with zero attached hydrogens (tertiary/aromatic N) is 6. The molecule has 0 spiro atoms. The van der Waals surface area contributed by atoms with Crippen LogP contribution < -0.4 is 10.6 Å². The number of hydrogen-bond donors (Lipinski definition) is 3. The summed E-state index contributed by atoms with van der Waals surface area (Å²) < 4.78 is 28.5. The van der Waals surface area contributed by atoms with Gasteiger partial charge in [-0.2, -0.15) is 20.3 Å². The van der Waals surface area contributed by atoms with Crippen LogP contribution in [0.15, 0.2) is 47.5 Å². The molecule has 202 valence electrons. The van der Waals surface area contributed by atoms with E-state index in [9.17, 15) is 8.42 Å². The summed E-state index contributed by atoms with van der Waals surface area (Å²) in [4.78, 5) is 12.2. The van der Waals surface area contributed by atoms with E-state index in [1.807, 2.05) is 19.9 Å². The molecule has 6 rings (SSSR count). The highest BCUT2D eigenvalue weighted by Gasteiger charge is 2.40. The Morgan fingerprint density at radius 2 is 1.85 bits per heavy atom. The maximum atomic E-state index is 13.6. The second-order valence-electron chi connectivity index (χ2n) is 10.5. The van der Waals surface area contributed by atoms with Gasteiger partial charge in [-0.25, -0.2) is 12.4 Å². The topological polar surface area (TPSA) is 145 Å². The molecule has 3 aromatic heterocycles. The van der Waals surface area contributed by atoms with Crippen LogP contribution in [0, 0.1) is 25.2 Å². The molecular weight excluding hydrogens is 514 g/mol. The molecule has 3 atom stereocenters. The molecule has 11 nitrogen and oxygen atoms in total. The quantitative estimate of drug-likeness (QED) is 0.298. The molecular formula is C27H31N9O2S. The molecule has 0 amide bonds. The SMILES string of the molecule is Cc1ccc(S(=O)(=O)n2ccc3c(Nc4cc(C)[nH]n4)nc(NC4C[C@H]5CC[C@@H](C4)N5CCC#N)nc32)cc1. The van der Waals surface area contributed by atoms with E-state index in [1.165, 1.54) is 10.2 Å². The van der Waals surface area contributed by atoms with Crippen molar-refractivity contribution in [2.45, 2.75) is 69.0 Å². The van der Waals surface area contributed by atoms with Gasteiger partial charge in [-0.15, -0.1) is 0 Å². The van der Waals surface area contributed by atoms with E-state index in [0.717, 1.165) is 43.5 Å². The van der Waals surface area contributed by atoms with Gasteiger partial charge in [0.15, 0.2) is 11.5 Å². The Bertz CT molecular complexity index is 1640. The lowest BCUT2D eigenvalue weighted by Gasteiger charge is -2.38. The van der Waals surface area contributed by atoms with Gasteiger partial charge < -0.3 is 10.6 Å². The van der Waals surface area contributed by atoms with Crippen molar-refractivity contribution < 1.29 is 8.42 Å². The molecule has 0 saturated carbocycles. The number of H-pyrrole nitrogens is 1. The maximum Gasteiger partial charge on any atom is 0.269 e. The minimum Gasteiger partial charge on any atom is -0.351 e. The zero-order valence-corrected chi connectivity index (χ0v) is 22.7. The molecule has 2 aliphatic rings. The summed E-state index contributed by atoms with van der Waals surface area (Å²) in [5, 5.41) is 23.5. The maximum absolute atomic E-state index is 13.6. The van der Waals surface area contributed by atoms with E-state index in [4.69, 9.17) is 15.2 Å². The summed E-state index contributed by atoms with van der Waals surface area (Å²) in [6, 6.07) is 13.6. The molecule has 5 heterocycles. The molecule has 0 aliphatic carbocycles. The number of piperidine rings is 1. The van der Waals surface area contributed by atoms with E-state index < -0.39 is 10.0 Å². The monoisotopic (exact) mass is 545 g/mol. The normalized spacial score (nSPS) is 21.2. The lowest BCUT2D eigenvalue weighted by molar-refractivity contribution is 0.135.